The quantitative estimate of drug-likeness (QED) is 0.501. The van der Waals surface area contributed by atoms with Gasteiger partial charge in [0.15, 0.2) is 17.5 Å². The molecular weight excluding hydrogens is 358 g/mol. The monoisotopic (exact) mass is 373 g/mol. The van der Waals surface area contributed by atoms with Gasteiger partial charge in [-0.3, -0.25) is 20.2 Å². The molecule has 0 aliphatic carbocycles. The number of nitrogens with zero attached hydrogens (tertiary/aromatic N) is 2. The fraction of sp³-hybridized carbons (Fsp3) is 0.176. The first-order chi connectivity index (χ1) is 12.6. The molecule has 0 bridgehead atoms. The molecule has 1 amide bonds. The Balaban J connectivity index is 1.65. The van der Waals surface area contributed by atoms with E-state index in [1.54, 1.807) is 6.07 Å². The molecule has 8 nitrogen and oxygen atoms in total. The van der Waals surface area contributed by atoms with Crippen molar-refractivity contribution in [2.75, 3.05) is 18.5 Å². The molecule has 2 aromatic carbocycles. The molecule has 134 valence electrons. The van der Waals surface area contributed by atoms with Crippen LogP contribution < -0.4 is 14.8 Å². The highest BCUT2D eigenvalue weighted by Gasteiger charge is 2.15. The molecule has 0 atom stereocenters. The minimum Gasteiger partial charge on any atom is -0.494 e. The maximum atomic E-state index is 12.0. The zero-order chi connectivity index (χ0) is 18.5. The predicted molar refractivity (Wildman–Crippen MR) is 98.0 cm³/mol. The molecule has 0 saturated carbocycles. The Bertz CT molecular complexity index is 956. The lowest BCUT2D eigenvalue weighted by Crippen LogP contribution is -2.20. The molecule has 0 aliphatic rings. The first-order valence-corrected chi connectivity index (χ1v) is 8.58. The highest BCUT2D eigenvalue weighted by Crippen LogP contribution is 2.29. The molecule has 1 heterocycles. The van der Waals surface area contributed by atoms with Crippen LogP contribution in [-0.4, -0.2) is 29.0 Å². The Labute approximate surface area is 152 Å². The number of hydrogen-bond acceptors (Lipinski definition) is 7. The summed E-state index contributed by atoms with van der Waals surface area (Å²) in [6.45, 7) is 2.11. The number of carbonyl (C=O) groups is 1. The number of carbonyl (C=O) groups excluding carboxylic acids is 1. The Morgan fingerprint density at radius 3 is 2.85 bits per heavy atom. The third kappa shape index (κ3) is 4.06. The molecule has 0 saturated heterocycles. The smallest absolute Gasteiger partial charge is 0.310 e. The van der Waals surface area contributed by atoms with Gasteiger partial charge in [-0.15, -0.1) is 0 Å². The van der Waals surface area contributed by atoms with Gasteiger partial charge in [0.1, 0.15) is 5.75 Å². The molecule has 0 unspecified atom stereocenters. The van der Waals surface area contributed by atoms with E-state index in [4.69, 9.17) is 9.47 Å². The van der Waals surface area contributed by atoms with E-state index in [1.165, 1.54) is 29.5 Å². The van der Waals surface area contributed by atoms with Crippen molar-refractivity contribution < 1.29 is 19.2 Å². The molecule has 3 aromatic rings. The Kier molecular flexibility index (Phi) is 5.28. The van der Waals surface area contributed by atoms with Crippen LogP contribution >= 0.6 is 11.3 Å². The van der Waals surface area contributed by atoms with Crippen LogP contribution in [0.1, 0.15) is 6.92 Å². The Hall–Kier alpha value is -3.20. The average Bonchev–Trinajstić information content (AvgIpc) is 3.01. The zero-order valence-corrected chi connectivity index (χ0v) is 14.6. The molecule has 26 heavy (non-hydrogen) atoms. The summed E-state index contributed by atoms with van der Waals surface area (Å²) in [7, 11) is 0. The van der Waals surface area contributed by atoms with Gasteiger partial charge < -0.3 is 9.47 Å². The van der Waals surface area contributed by atoms with Crippen LogP contribution in [0.25, 0.3) is 10.2 Å². The molecule has 0 fully saturated rings. The second-order valence-corrected chi connectivity index (χ2v) is 6.17. The first kappa shape index (κ1) is 17.6. The van der Waals surface area contributed by atoms with Gasteiger partial charge in [0.25, 0.3) is 5.91 Å². The van der Waals surface area contributed by atoms with E-state index in [1.807, 2.05) is 25.1 Å². The van der Waals surface area contributed by atoms with Crippen LogP contribution in [0.3, 0.4) is 0 Å². The summed E-state index contributed by atoms with van der Waals surface area (Å²) in [5.41, 5.74) is 0.553. The lowest BCUT2D eigenvalue weighted by Gasteiger charge is -2.05. The number of anilines is 1. The standard InChI is InChI=1S/C17H15N3O5S/c1-2-24-11-7-8-12-15(9-11)26-17(18-12)19-16(21)10-25-14-6-4-3-5-13(14)20(22)23/h3-9H,2,10H2,1H3,(H,18,19,21). The van der Waals surface area contributed by atoms with Gasteiger partial charge in [0.05, 0.1) is 21.7 Å². The first-order valence-electron chi connectivity index (χ1n) is 7.76. The summed E-state index contributed by atoms with van der Waals surface area (Å²) in [5, 5.41) is 14.0. The fourth-order valence-corrected chi connectivity index (χ4v) is 3.15. The second-order valence-electron chi connectivity index (χ2n) is 5.14. The number of fused-ring (bicyclic) bond motifs is 1. The van der Waals surface area contributed by atoms with Crippen LogP contribution in [0.5, 0.6) is 11.5 Å². The minimum absolute atomic E-state index is 0.0401. The SMILES string of the molecule is CCOc1ccc2nc(NC(=O)COc3ccccc3[N+](=O)[O-])sc2c1. The summed E-state index contributed by atoms with van der Waals surface area (Å²) in [4.78, 5) is 26.7. The second kappa shape index (κ2) is 7.79. The molecular formula is C17H15N3O5S. The Morgan fingerprint density at radius 2 is 2.08 bits per heavy atom. The fourth-order valence-electron chi connectivity index (χ4n) is 2.24. The van der Waals surface area contributed by atoms with Crippen molar-refractivity contribution in [3.8, 4) is 11.5 Å². The van der Waals surface area contributed by atoms with E-state index >= 15 is 0 Å². The van der Waals surface area contributed by atoms with E-state index in [-0.39, 0.29) is 18.0 Å². The van der Waals surface area contributed by atoms with Crippen molar-refractivity contribution in [2.24, 2.45) is 0 Å². The van der Waals surface area contributed by atoms with E-state index in [9.17, 15) is 14.9 Å². The number of hydrogen-bond donors (Lipinski definition) is 1. The number of nitro benzene ring substituents is 1. The normalized spacial score (nSPS) is 10.5. The summed E-state index contributed by atoms with van der Waals surface area (Å²) >= 11 is 1.31. The van der Waals surface area contributed by atoms with Crippen molar-refractivity contribution in [3.63, 3.8) is 0 Å². The van der Waals surface area contributed by atoms with Crippen molar-refractivity contribution in [1.82, 2.24) is 4.98 Å². The van der Waals surface area contributed by atoms with Gasteiger partial charge in [-0.05, 0) is 31.2 Å². The van der Waals surface area contributed by atoms with Crippen LogP contribution in [0, 0.1) is 10.1 Å². The van der Waals surface area contributed by atoms with Crippen LogP contribution in [-0.2, 0) is 4.79 Å². The number of ether oxygens (including phenoxy) is 2. The largest absolute Gasteiger partial charge is 0.494 e. The van der Waals surface area contributed by atoms with Gasteiger partial charge in [0.2, 0.25) is 0 Å². The zero-order valence-electron chi connectivity index (χ0n) is 13.8. The number of thiazole rings is 1. The van der Waals surface area contributed by atoms with Crippen LogP contribution in [0.15, 0.2) is 42.5 Å². The third-order valence-corrected chi connectivity index (χ3v) is 4.27. The maximum Gasteiger partial charge on any atom is 0.310 e. The summed E-state index contributed by atoms with van der Waals surface area (Å²) in [6.07, 6.45) is 0. The van der Waals surface area contributed by atoms with E-state index in [0.717, 1.165) is 16.0 Å². The molecule has 0 radical (unpaired) electrons. The van der Waals surface area contributed by atoms with Crippen LogP contribution in [0.2, 0.25) is 0 Å². The summed E-state index contributed by atoms with van der Waals surface area (Å²) in [6, 6.07) is 11.4. The van der Waals surface area contributed by atoms with E-state index < -0.39 is 10.8 Å². The van der Waals surface area contributed by atoms with E-state index in [2.05, 4.69) is 10.3 Å². The number of aromatic nitrogens is 1. The van der Waals surface area contributed by atoms with E-state index in [0.29, 0.717) is 11.7 Å². The summed E-state index contributed by atoms with van der Waals surface area (Å²) < 4.78 is 11.6. The molecule has 0 spiro atoms. The van der Waals surface area contributed by atoms with Crippen molar-refractivity contribution in [2.45, 2.75) is 6.92 Å². The lowest BCUT2D eigenvalue weighted by molar-refractivity contribution is -0.385. The lowest BCUT2D eigenvalue weighted by atomic mass is 10.3. The number of amides is 1. The minimum atomic E-state index is -0.559. The van der Waals surface area contributed by atoms with Crippen LogP contribution in [0.4, 0.5) is 10.8 Å². The van der Waals surface area contributed by atoms with Crippen molar-refractivity contribution in [3.05, 3.63) is 52.6 Å². The van der Waals surface area contributed by atoms with Crippen molar-refractivity contribution in [1.29, 1.82) is 0 Å². The number of nitrogens with one attached hydrogen (secondary N) is 1. The van der Waals surface area contributed by atoms with Gasteiger partial charge in [0, 0.05) is 6.07 Å². The molecule has 0 aliphatic heterocycles. The topological polar surface area (TPSA) is 104 Å². The van der Waals surface area contributed by atoms with Gasteiger partial charge >= 0.3 is 5.69 Å². The van der Waals surface area contributed by atoms with Gasteiger partial charge in [-0.1, -0.05) is 23.5 Å². The average molecular weight is 373 g/mol. The van der Waals surface area contributed by atoms with Gasteiger partial charge in [-0.25, -0.2) is 4.98 Å². The highest BCUT2D eigenvalue weighted by atomic mass is 32.1. The number of nitro groups is 1. The Morgan fingerprint density at radius 1 is 1.27 bits per heavy atom. The van der Waals surface area contributed by atoms with Gasteiger partial charge in [-0.2, -0.15) is 0 Å². The molecule has 9 heteroatoms. The van der Waals surface area contributed by atoms with Crippen molar-refractivity contribution >= 4 is 38.3 Å². The summed E-state index contributed by atoms with van der Waals surface area (Å²) in [5.74, 6) is 0.326. The molecule has 1 aromatic heterocycles. The number of benzene rings is 2. The molecule has 1 N–H and O–H groups in total. The third-order valence-electron chi connectivity index (χ3n) is 3.34. The number of rotatable bonds is 7. The predicted octanol–water partition coefficient (Wildman–Crippen LogP) is 3.62. The molecule has 3 rings (SSSR count). The maximum absolute atomic E-state index is 12.0. The number of para-hydroxylation sites is 2. The highest BCUT2D eigenvalue weighted by molar-refractivity contribution is 7.22.